The minimum Gasteiger partial charge on any atom is -0.345 e. The number of nitro benzene ring substituents is 1. The summed E-state index contributed by atoms with van der Waals surface area (Å²) in [6.45, 7) is 3.58. The molecule has 11 heteroatoms. The Hall–Kier alpha value is -2.53. The molecular weight excluding hydrogens is 472 g/mol. The molecule has 168 valence electrons. The van der Waals surface area contributed by atoms with Gasteiger partial charge in [0.15, 0.2) is 5.13 Å². The fourth-order valence-corrected chi connectivity index (χ4v) is 6.01. The second-order valence-electron chi connectivity index (χ2n) is 7.55. The number of hydrogen-bond donors (Lipinski definition) is 0. The average molecular weight is 493 g/mol. The van der Waals surface area contributed by atoms with Crippen LogP contribution in [-0.4, -0.2) is 48.8 Å². The van der Waals surface area contributed by atoms with Crippen molar-refractivity contribution in [2.75, 3.05) is 31.1 Å². The average Bonchev–Trinajstić information content (AvgIpc) is 3.24. The fourth-order valence-electron chi connectivity index (χ4n) is 3.50. The van der Waals surface area contributed by atoms with Crippen molar-refractivity contribution in [2.45, 2.75) is 18.2 Å². The third-order valence-corrected chi connectivity index (χ3v) is 8.47. The molecule has 0 atom stereocenters. The Bertz CT molecular complexity index is 1240. The van der Waals surface area contributed by atoms with Gasteiger partial charge in [0.05, 0.1) is 15.5 Å². The predicted molar refractivity (Wildman–Crippen MR) is 125 cm³/mol. The van der Waals surface area contributed by atoms with Gasteiger partial charge in [0.2, 0.25) is 10.0 Å². The molecule has 0 spiro atoms. The van der Waals surface area contributed by atoms with Gasteiger partial charge < -0.3 is 4.90 Å². The molecule has 1 aliphatic rings. The summed E-state index contributed by atoms with van der Waals surface area (Å²) in [6, 6.07) is 11.9. The van der Waals surface area contributed by atoms with Gasteiger partial charge in [-0.15, -0.1) is 11.3 Å². The van der Waals surface area contributed by atoms with Gasteiger partial charge in [0.25, 0.3) is 5.69 Å². The van der Waals surface area contributed by atoms with Crippen LogP contribution >= 0.6 is 22.9 Å². The Kier molecular flexibility index (Phi) is 6.47. The number of benzene rings is 2. The number of aryl methyl sites for hydroxylation is 1. The molecule has 1 aromatic heterocycles. The number of rotatable bonds is 6. The minimum absolute atomic E-state index is 0.0935. The lowest BCUT2D eigenvalue weighted by atomic mass is 10.1. The molecular formula is C21H21ClN4O4S2. The van der Waals surface area contributed by atoms with E-state index in [1.54, 1.807) is 11.3 Å². The van der Waals surface area contributed by atoms with Gasteiger partial charge >= 0.3 is 0 Å². The highest BCUT2D eigenvalue weighted by molar-refractivity contribution is 7.89. The van der Waals surface area contributed by atoms with Crippen LogP contribution in [0.2, 0.25) is 5.02 Å². The normalized spacial score (nSPS) is 15.1. The van der Waals surface area contributed by atoms with Gasteiger partial charge in [-0.25, -0.2) is 13.4 Å². The number of anilines is 1. The highest BCUT2D eigenvalue weighted by Crippen LogP contribution is 2.30. The van der Waals surface area contributed by atoms with E-state index in [4.69, 9.17) is 16.6 Å². The first-order valence-electron chi connectivity index (χ1n) is 9.93. The van der Waals surface area contributed by atoms with Crippen molar-refractivity contribution in [3.8, 4) is 0 Å². The van der Waals surface area contributed by atoms with Crippen molar-refractivity contribution in [1.82, 2.24) is 9.29 Å². The molecule has 2 heterocycles. The molecule has 0 radical (unpaired) electrons. The number of piperazine rings is 1. The van der Waals surface area contributed by atoms with Crippen LogP contribution in [0.5, 0.6) is 0 Å². The Morgan fingerprint density at radius 1 is 1.12 bits per heavy atom. The predicted octanol–water partition coefficient (Wildman–Crippen LogP) is 4.11. The van der Waals surface area contributed by atoms with Crippen LogP contribution in [0.25, 0.3) is 0 Å². The fraction of sp³-hybridized carbons (Fsp3) is 0.286. The molecule has 1 aliphatic heterocycles. The number of thiazole rings is 1. The van der Waals surface area contributed by atoms with Crippen LogP contribution in [0.1, 0.15) is 16.8 Å². The lowest BCUT2D eigenvalue weighted by molar-refractivity contribution is -0.384. The maximum atomic E-state index is 13.0. The number of nitro groups is 1. The zero-order valence-electron chi connectivity index (χ0n) is 17.3. The quantitative estimate of drug-likeness (QED) is 0.379. The summed E-state index contributed by atoms with van der Waals surface area (Å²) in [7, 11) is -3.85. The Morgan fingerprint density at radius 3 is 2.47 bits per heavy atom. The summed E-state index contributed by atoms with van der Waals surface area (Å²) < 4.78 is 27.3. The van der Waals surface area contributed by atoms with Gasteiger partial charge in [0, 0.05) is 44.0 Å². The highest BCUT2D eigenvalue weighted by atomic mass is 35.5. The maximum absolute atomic E-state index is 13.0. The van der Waals surface area contributed by atoms with Crippen LogP contribution in [0.4, 0.5) is 10.8 Å². The van der Waals surface area contributed by atoms with E-state index >= 15 is 0 Å². The molecule has 0 saturated carbocycles. The monoisotopic (exact) mass is 492 g/mol. The molecule has 0 aliphatic carbocycles. The Morgan fingerprint density at radius 2 is 1.81 bits per heavy atom. The van der Waals surface area contributed by atoms with E-state index in [9.17, 15) is 18.5 Å². The van der Waals surface area contributed by atoms with E-state index in [1.807, 2.05) is 5.38 Å². The molecule has 1 saturated heterocycles. The largest absolute Gasteiger partial charge is 0.345 e. The van der Waals surface area contributed by atoms with Gasteiger partial charge in [-0.1, -0.05) is 41.4 Å². The SMILES string of the molecule is Cc1ccc(Cc2csc(N3CCN(S(=O)(=O)c4ccc(Cl)c([N+](=O)[O-])c4)CC3)n2)cc1. The number of halogens is 1. The Labute approximate surface area is 195 Å². The third-order valence-electron chi connectivity index (χ3n) is 5.31. The summed E-state index contributed by atoms with van der Waals surface area (Å²) in [5, 5.41) is 13.9. The van der Waals surface area contributed by atoms with E-state index < -0.39 is 20.6 Å². The van der Waals surface area contributed by atoms with E-state index in [0.29, 0.717) is 13.1 Å². The van der Waals surface area contributed by atoms with Crippen molar-refractivity contribution in [3.05, 3.63) is 79.8 Å². The zero-order chi connectivity index (χ0) is 22.9. The smallest absolute Gasteiger partial charge is 0.289 e. The number of sulfonamides is 1. The van der Waals surface area contributed by atoms with E-state index in [1.165, 1.54) is 27.6 Å². The first-order chi connectivity index (χ1) is 15.2. The van der Waals surface area contributed by atoms with E-state index in [2.05, 4.69) is 36.1 Å². The lowest BCUT2D eigenvalue weighted by Gasteiger charge is -2.33. The molecule has 1 fully saturated rings. The lowest BCUT2D eigenvalue weighted by Crippen LogP contribution is -2.48. The molecule has 0 N–H and O–H groups in total. The van der Waals surface area contributed by atoms with Crippen LogP contribution < -0.4 is 4.90 Å². The van der Waals surface area contributed by atoms with E-state index in [0.717, 1.165) is 23.3 Å². The first kappa shape index (κ1) is 22.7. The van der Waals surface area contributed by atoms with Crippen LogP contribution in [-0.2, 0) is 16.4 Å². The third kappa shape index (κ3) is 4.78. The number of nitrogens with zero attached hydrogens (tertiary/aromatic N) is 4. The summed E-state index contributed by atoms with van der Waals surface area (Å²) in [6.07, 6.45) is 0.750. The number of hydrogen-bond acceptors (Lipinski definition) is 7. The van der Waals surface area contributed by atoms with Crippen molar-refractivity contribution >= 4 is 43.8 Å². The van der Waals surface area contributed by atoms with Gasteiger partial charge in [-0.3, -0.25) is 10.1 Å². The first-order valence-corrected chi connectivity index (χ1v) is 12.6. The van der Waals surface area contributed by atoms with Crippen molar-refractivity contribution in [1.29, 1.82) is 0 Å². The Balaban J connectivity index is 1.42. The summed E-state index contributed by atoms with van der Waals surface area (Å²) >= 11 is 7.36. The van der Waals surface area contributed by atoms with Crippen molar-refractivity contribution < 1.29 is 13.3 Å². The molecule has 0 unspecified atom stereocenters. The van der Waals surface area contributed by atoms with E-state index in [-0.39, 0.29) is 23.0 Å². The van der Waals surface area contributed by atoms with Crippen LogP contribution in [0.15, 0.2) is 52.7 Å². The molecule has 8 nitrogen and oxygen atoms in total. The van der Waals surface area contributed by atoms with Gasteiger partial charge in [-0.05, 0) is 24.6 Å². The van der Waals surface area contributed by atoms with Crippen LogP contribution in [0.3, 0.4) is 0 Å². The maximum Gasteiger partial charge on any atom is 0.289 e. The highest BCUT2D eigenvalue weighted by Gasteiger charge is 2.31. The standard InChI is InChI=1S/C21H21ClN4O4S2/c1-15-2-4-16(5-3-15)12-17-14-31-21(23-17)24-8-10-25(11-9-24)32(29,30)18-6-7-19(22)20(13-18)26(27)28/h2-7,13-14H,8-12H2,1H3. The number of aromatic nitrogens is 1. The van der Waals surface area contributed by atoms with Gasteiger partial charge in [0.1, 0.15) is 5.02 Å². The summed E-state index contributed by atoms with van der Waals surface area (Å²) in [5.41, 5.74) is 2.97. The molecule has 3 aromatic rings. The minimum atomic E-state index is -3.85. The van der Waals surface area contributed by atoms with Crippen molar-refractivity contribution in [3.63, 3.8) is 0 Å². The molecule has 2 aromatic carbocycles. The van der Waals surface area contributed by atoms with Gasteiger partial charge in [-0.2, -0.15) is 4.31 Å². The zero-order valence-corrected chi connectivity index (χ0v) is 19.7. The topological polar surface area (TPSA) is 96.7 Å². The summed E-state index contributed by atoms with van der Waals surface area (Å²) in [4.78, 5) is 17.1. The second-order valence-corrected chi connectivity index (χ2v) is 10.7. The second kappa shape index (κ2) is 9.14. The molecule has 0 amide bonds. The summed E-state index contributed by atoms with van der Waals surface area (Å²) in [5.74, 6) is 0. The molecule has 0 bridgehead atoms. The van der Waals surface area contributed by atoms with Crippen LogP contribution in [0, 0.1) is 17.0 Å². The van der Waals surface area contributed by atoms with Crippen molar-refractivity contribution in [2.24, 2.45) is 0 Å². The molecule has 32 heavy (non-hydrogen) atoms. The molecule has 4 rings (SSSR count).